The summed E-state index contributed by atoms with van der Waals surface area (Å²) < 4.78 is 0. The van der Waals surface area contributed by atoms with Crippen LogP contribution in [-0.4, -0.2) is 30.1 Å². The first kappa shape index (κ1) is 15.3. The molecule has 2 saturated carbocycles. The Morgan fingerprint density at radius 1 is 1.05 bits per heavy atom. The maximum absolute atomic E-state index is 6.41. The first-order valence-electron chi connectivity index (χ1n) is 8.74. The van der Waals surface area contributed by atoms with Gasteiger partial charge in [-0.2, -0.15) is 0 Å². The quantitative estimate of drug-likeness (QED) is 0.792. The van der Waals surface area contributed by atoms with E-state index in [2.05, 4.69) is 18.7 Å². The highest BCUT2D eigenvalue weighted by atomic mass is 15.2. The molecule has 2 N–H and O–H groups in total. The van der Waals surface area contributed by atoms with Gasteiger partial charge in [0.2, 0.25) is 0 Å². The zero-order chi connectivity index (χ0) is 13.7. The fraction of sp³-hybridized carbons (Fsp3) is 1.00. The van der Waals surface area contributed by atoms with E-state index in [-0.39, 0.29) is 0 Å². The summed E-state index contributed by atoms with van der Waals surface area (Å²) in [4.78, 5) is 2.74. The Labute approximate surface area is 120 Å². The minimum Gasteiger partial charge on any atom is -0.327 e. The molecule has 0 radical (unpaired) electrons. The molecular formula is C17H34N2. The summed E-state index contributed by atoms with van der Waals surface area (Å²) in [6, 6.07) is 1.33. The lowest BCUT2D eigenvalue weighted by molar-refractivity contribution is 0.124. The van der Waals surface area contributed by atoms with E-state index >= 15 is 0 Å². The van der Waals surface area contributed by atoms with Crippen molar-refractivity contribution in [3.8, 4) is 0 Å². The Bertz CT molecular complexity index is 248. The predicted molar refractivity (Wildman–Crippen MR) is 83.2 cm³/mol. The molecule has 0 amide bonds. The van der Waals surface area contributed by atoms with E-state index < -0.39 is 0 Å². The van der Waals surface area contributed by atoms with E-state index in [9.17, 15) is 0 Å². The zero-order valence-corrected chi connectivity index (χ0v) is 13.1. The number of nitrogens with zero attached hydrogens (tertiary/aromatic N) is 1. The third-order valence-corrected chi connectivity index (χ3v) is 5.56. The molecule has 2 rings (SSSR count). The number of hydrogen-bond acceptors (Lipinski definition) is 2. The molecule has 0 heterocycles. The van der Waals surface area contributed by atoms with Gasteiger partial charge in [-0.25, -0.2) is 0 Å². The molecule has 0 aromatic carbocycles. The second-order valence-electron chi connectivity index (χ2n) is 6.92. The van der Waals surface area contributed by atoms with Crippen molar-refractivity contribution >= 4 is 0 Å². The van der Waals surface area contributed by atoms with Crippen LogP contribution in [0, 0.1) is 11.8 Å². The van der Waals surface area contributed by atoms with E-state index in [1.54, 1.807) is 0 Å². The van der Waals surface area contributed by atoms with E-state index in [0.29, 0.717) is 6.04 Å². The molecule has 0 aromatic rings. The summed E-state index contributed by atoms with van der Waals surface area (Å²) in [5, 5.41) is 0. The lowest BCUT2D eigenvalue weighted by Gasteiger charge is -2.39. The molecule has 0 aliphatic heterocycles. The van der Waals surface area contributed by atoms with E-state index in [1.807, 2.05) is 0 Å². The van der Waals surface area contributed by atoms with Crippen molar-refractivity contribution in [3.63, 3.8) is 0 Å². The van der Waals surface area contributed by atoms with Crippen LogP contribution in [0.5, 0.6) is 0 Å². The summed E-state index contributed by atoms with van der Waals surface area (Å²) in [7, 11) is 0. The normalized spacial score (nSPS) is 33.2. The molecule has 112 valence electrons. The van der Waals surface area contributed by atoms with Gasteiger partial charge in [0.25, 0.3) is 0 Å². The molecule has 0 spiro atoms. The van der Waals surface area contributed by atoms with Crippen molar-refractivity contribution in [3.05, 3.63) is 0 Å². The van der Waals surface area contributed by atoms with Gasteiger partial charge in [0.15, 0.2) is 0 Å². The standard InChI is InChI=1S/C17H34N2/c1-3-7-14-10-11-17(18)15(12-14)13-19(4-2)16-8-5-6-9-16/h14-17H,3-13,18H2,1-2H3. The largest absolute Gasteiger partial charge is 0.327 e. The fourth-order valence-corrected chi connectivity index (χ4v) is 4.37. The van der Waals surface area contributed by atoms with Crippen molar-refractivity contribution < 1.29 is 0 Å². The topological polar surface area (TPSA) is 29.3 Å². The van der Waals surface area contributed by atoms with Crippen LogP contribution in [0.25, 0.3) is 0 Å². The average molecular weight is 266 g/mol. The number of hydrogen-bond donors (Lipinski definition) is 1. The number of rotatable bonds is 6. The Morgan fingerprint density at radius 3 is 2.42 bits per heavy atom. The third kappa shape index (κ3) is 4.19. The van der Waals surface area contributed by atoms with Crippen LogP contribution in [-0.2, 0) is 0 Å². The molecule has 2 heteroatoms. The van der Waals surface area contributed by atoms with E-state index in [0.717, 1.165) is 17.9 Å². The highest BCUT2D eigenvalue weighted by Gasteiger charge is 2.31. The van der Waals surface area contributed by atoms with Gasteiger partial charge in [0.1, 0.15) is 0 Å². The number of nitrogens with two attached hydrogens (primary N) is 1. The van der Waals surface area contributed by atoms with Crippen molar-refractivity contribution in [2.24, 2.45) is 17.6 Å². The summed E-state index contributed by atoms with van der Waals surface area (Å²) in [6.07, 6.45) is 12.5. The average Bonchev–Trinajstić information content (AvgIpc) is 2.93. The maximum Gasteiger partial charge on any atom is 0.00952 e. The Kier molecular flexibility index (Phi) is 6.15. The van der Waals surface area contributed by atoms with Crippen LogP contribution in [0.15, 0.2) is 0 Å². The fourth-order valence-electron chi connectivity index (χ4n) is 4.37. The lowest BCUT2D eigenvalue weighted by Crippen LogP contribution is -2.45. The molecule has 0 aromatic heterocycles. The lowest BCUT2D eigenvalue weighted by atomic mass is 9.76. The molecule has 0 bridgehead atoms. The van der Waals surface area contributed by atoms with Crippen molar-refractivity contribution in [2.45, 2.75) is 83.7 Å². The second kappa shape index (κ2) is 7.64. The molecule has 3 atom stereocenters. The zero-order valence-electron chi connectivity index (χ0n) is 13.1. The highest BCUT2D eigenvalue weighted by molar-refractivity contribution is 4.87. The summed E-state index contributed by atoms with van der Waals surface area (Å²) >= 11 is 0. The SMILES string of the molecule is CCCC1CCC(N)C(CN(CC)C2CCCC2)C1. The molecule has 19 heavy (non-hydrogen) atoms. The molecule has 3 unspecified atom stereocenters. The summed E-state index contributed by atoms with van der Waals surface area (Å²) in [5.41, 5.74) is 6.41. The first-order valence-corrected chi connectivity index (χ1v) is 8.74. The minimum atomic E-state index is 0.462. The van der Waals surface area contributed by atoms with Crippen molar-refractivity contribution in [1.29, 1.82) is 0 Å². The predicted octanol–water partition coefficient (Wildman–Crippen LogP) is 3.79. The Morgan fingerprint density at radius 2 is 1.79 bits per heavy atom. The van der Waals surface area contributed by atoms with Gasteiger partial charge in [-0.1, -0.05) is 39.5 Å². The molecule has 2 nitrogen and oxygen atoms in total. The van der Waals surface area contributed by atoms with Gasteiger partial charge in [-0.15, -0.1) is 0 Å². The summed E-state index contributed by atoms with van der Waals surface area (Å²) in [6.45, 7) is 7.13. The van der Waals surface area contributed by atoms with Crippen LogP contribution in [0.2, 0.25) is 0 Å². The van der Waals surface area contributed by atoms with Gasteiger partial charge in [-0.3, -0.25) is 0 Å². The maximum atomic E-state index is 6.41. The molecule has 0 saturated heterocycles. The first-order chi connectivity index (χ1) is 9.24. The smallest absolute Gasteiger partial charge is 0.00952 e. The van der Waals surface area contributed by atoms with Gasteiger partial charge in [-0.05, 0) is 50.5 Å². The van der Waals surface area contributed by atoms with E-state index in [1.165, 1.54) is 70.9 Å². The van der Waals surface area contributed by atoms with Crippen LogP contribution in [0.4, 0.5) is 0 Å². The van der Waals surface area contributed by atoms with Gasteiger partial charge in [0, 0.05) is 18.6 Å². The monoisotopic (exact) mass is 266 g/mol. The molecular weight excluding hydrogens is 232 g/mol. The van der Waals surface area contributed by atoms with Crippen LogP contribution in [0.3, 0.4) is 0 Å². The molecule has 2 aliphatic carbocycles. The Hall–Kier alpha value is -0.0800. The third-order valence-electron chi connectivity index (χ3n) is 5.56. The Balaban J connectivity index is 1.86. The highest BCUT2D eigenvalue weighted by Crippen LogP contribution is 2.33. The van der Waals surface area contributed by atoms with Gasteiger partial charge >= 0.3 is 0 Å². The van der Waals surface area contributed by atoms with Crippen LogP contribution >= 0.6 is 0 Å². The van der Waals surface area contributed by atoms with Crippen LogP contribution < -0.4 is 5.73 Å². The van der Waals surface area contributed by atoms with E-state index in [4.69, 9.17) is 5.73 Å². The van der Waals surface area contributed by atoms with Gasteiger partial charge in [0.05, 0.1) is 0 Å². The molecule has 2 aliphatic rings. The minimum absolute atomic E-state index is 0.462. The summed E-state index contributed by atoms with van der Waals surface area (Å²) in [5.74, 6) is 1.71. The van der Waals surface area contributed by atoms with Crippen molar-refractivity contribution in [1.82, 2.24) is 4.90 Å². The second-order valence-corrected chi connectivity index (χ2v) is 6.92. The van der Waals surface area contributed by atoms with Gasteiger partial charge < -0.3 is 10.6 Å². The van der Waals surface area contributed by atoms with Crippen LogP contribution in [0.1, 0.15) is 71.6 Å². The van der Waals surface area contributed by atoms with Crippen molar-refractivity contribution in [2.75, 3.05) is 13.1 Å². The molecule has 2 fully saturated rings.